The molecule has 0 spiro atoms. The minimum absolute atomic E-state index is 0.0492. The van der Waals surface area contributed by atoms with Crippen LogP contribution in [0.2, 0.25) is 0 Å². The SMILES string of the molecule is Cc1nc2cc(N3CCN(C)CC3)c(NC(=O)CC(C)(C)C)cc2c(=O)n1Cc1ccccc1. The Balaban J connectivity index is 1.79. The van der Waals surface area contributed by atoms with Gasteiger partial charge in [0.1, 0.15) is 5.82 Å². The molecule has 1 fully saturated rings. The molecule has 7 nitrogen and oxygen atoms in total. The maximum Gasteiger partial charge on any atom is 0.261 e. The Labute approximate surface area is 201 Å². The summed E-state index contributed by atoms with van der Waals surface area (Å²) < 4.78 is 1.70. The standard InChI is InChI=1S/C27H35N5O2/c1-19-28-22-16-24(31-13-11-30(5)12-14-31)23(29-25(33)17-27(2,3)4)15-21(22)26(34)32(19)18-20-9-7-6-8-10-20/h6-10,15-16H,11-14,17-18H2,1-5H3,(H,29,33). The van der Waals surface area contributed by atoms with Gasteiger partial charge in [-0.1, -0.05) is 51.1 Å². The van der Waals surface area contributed by atoms with Gasteiger partial charge in [0, 0.05) is 32.6 Å². The maximum atomic E-state index is 13.5. The number of aryl methyl sites for hydroxylation is 1. The summed E-state index contributed by atoms with van der Waals surface area (Å²) in [4.78, 5) is 35.8. The summed E-state index contributed by atoms with van der Waals surface area (Å²) in [5.41, 5.74) is 3.09. The summed E-state index contributed by atoms with van der Waals surface area (Å²) in [6.07, 6.45) is 0.400. The Morgan fingerprint density at radius 2 is 1.74 bits per heavy atom. The van der Waals surface area contributed by atoms with Gasteiger partial charge in [0.2, 0.25) is 5.91 Å². The molecule has 0 radical (unpaired) electrons. The van der Waals surface area contributed by atoms with Crippen molar-refractivity contribution >= 4 is 28.2 Å². The molecule has 1 amide bonds. The van der Waals surface area contributed by atoms with Crippen LogP contribution in [-0.4, -0.2) is 53.6 Å². The third-order valence-electron chi connectivity index (χ3n) is 6.25. The van der Waals surface area contributed by atoms with Gasteiger partial charge in [-0.15, -0.1) is 0 Å². The van der Waals surface area contributed by atoms with E-state index in [0.29, 0.717) is 35.4 Å². The highest BCUT2D eigenvalue weighted by Gasteiger charge is 2.22. The molecule has 2 aromatic carbocycles. The number of amides is 1. The van der Waals surface area contributed by atoms with Crippen LogP contribution < -0.4 is 15.8 Å². The lowest BCUT2D eigenvalue weighted by Gasteiger charge is -2.35. The van der Waals surface area contributed by atoms with Crippen molar-refractivity contribution in [1.29, 1.82) is 0 Å². The number of nitrogens with zero attached hydrogens (tertiary/aromatic N) is 4. The molecular formula is C27H35N5O2. The lowest BCUT2D eigenvalue weighted by Crippen LogP contribution is -2.44. The van der Waals surface area contributed by atoms with Crippen LogP contribution in [0, 0.1) is 12.3 Å². The molecule has 3 aromatic rings. The number of hydrogen-bond donors (Lipinski definition) is 1. The van der Waals surface area contributed by atoms with Crippen LogP contribution in [0.15, 0.2) is 47.3 Å². The number of aromatic nitrogens is 2. The fourth-order valence-electron chi connectivity index (χ4n) is 4.41. The molecule has 0 bridgehead atoms. The van der Waals surface area contributed by atoms with E-state index in [4.69, 9.17) is 4.98 Å². The van der Waals surface area contributed by atoms with Crippen LogP contribution in [-0.2, 0) is 11.3 Å². The third-order valence-corrected chi connectivity index (χ3v) is 6.25. The van der Waals surface area contributed by atoms with E-state index >= 15 is 0 Å². The van der Waals surface area contributed by atoms with Gasteiger partial charge in [0.15, 0.2) is 0 Å². The first-order chi connectivity index (χ1) is 16.1. The highest BCUT2D eigenvalue weighted by Crippen LogP contribution is 2.32. The van der Waals surface area contributed by atoms with Crippen molar-refractivity contribution in [1.82, 2.24) is 14.5 Å². The van der Waals surface area contributed by atoms with Gasteiger partial charge in [-0.25, -0.2) is 4.98 Å². The van der Waals surface area contributed by atoms with Gasteiger partial charge >= 0.3 is 0 Å². The second-order valence-electron chi connectivity index (χ2n) is 10.5. The molecule has 180 valence electrons. The molecule has 1 aliphatic rings. The van der Waals surface area contributed by atoms with Crippen molar-refractivity contribution in [3.05, 3.63) is 64.2 Å². The lowest BCUT2D eigenvalue weighted by atomic mass is 9.92. The van der Waals surface area contributed by atoms with Gasteiger partial charge in [0.05, 0.1) is 28.8 Å². The number of fused-ring (bicyclic) bond motifs is 1. The van der Waals surface area contributed by atoms with Crippen LogP contribution in [0.3, 0.4) is 0 Å². The number of carbonyl (C=O) groups excluding carboxylic acids is 1. The number of carbonyl (C=O) groups is 1. The summed E-state index contributed by atoms with van der Waals surface area (Å²) in [6, 6.07) is 13.7. The molecule has 4 rings (SSSR count). The van der Waals surface area contributed by atoms with Crippen LogP contribution >= 0.6 is 0 Å². The minimum Gasteiger partial charge on any atom is -0.367 e. The Kier molecular flexibility index (Phi) is 6.75. The molecule has 2 heterocycles. The van der Waals surface area contributed by atoms with Gasteiger partial charge in [0.25, 0.3) is 5.56 Å². The van der Waals surface area contributed by atoms with Gasteiger partial charge < -0.3 is 15.1 Å². The van der Waals surface area contributed by atoms with Crippen LogP contribution in [0.25, 0.3) is 10.9 Å². The summed E-state index contributed by atoms with van der Waals surface area (Å²) >= 11 is 0. The number of rotatable bonds is 5. The Morgan fingerprint density at radius 3 is 2.38 bits per heavy atom. The van der Waals surface area contributed by atoms with Crippen molar-refractivity contribution in [3.63, 3.8) is 0 Å². The summed E-state index contributed by atoms with van der Waals surface area (Å²) in [7, 11) is 2.11. The first kappa shape index (κ1) is 24.0. The zero-order valence-electron chi connectivity index (χ0n) is 20.9. The number of hydrogen-bond acceptors (Lipinski definition) is 5. The highest BCUT2D eigenvalue weighted by molar-refractivity contribution is 5.99. The fourth-order valence-corrected chi connectivity index (χ4v) is 4.41. The summed E-state index contributed by atoms with van der Waals surface area (Å²) in [5, 5.41) is 3.63. The predicted molar refractivity (Wildman–Crippen MR) is 139 cm³/mol. The Morgan fingerprint density at radius 1 is 1.06 bits per heavy atom. The van der Waals surface area contributed by atoms with E-state index in [2.05, 4.69) is 22.2 Å². The van der Waals surface area contributed by atoms with Crippen LogP contribution in [0.4, 0.5) is 11.4 Å². The average Bonchev–Trinajstić information content (AvgIpc) is 2.77. The monoisotopic (exact) mass is 461 g/mol. The molecule has 0 saturated carbocycles. The molecular weight excluding hydrogens is 426 g/mol. The third kappa shape index (κ3) is 5.47. The number of likely N-dealkylation sites (N-methyl/N-ethyl adjacent to an activating group) is 1. The largest absolute Gasteiger partial charge is 0.367 e. The highest BCUT2D eigenvalue weighted by atomic mass is 16.1. The molecule has 0 atom stereocenters. The van der Waals surface area contributed by atoms with Gasteiger partial charge in [-0.2, -0.15) is 0 Å². The first-order valence-corrected chi connectivity index (χ1v) is 11.9. The Bertz CT molecular complexity index is 1240. The Hall–Kier alpha value is -3.19. The number of nitrogens with one attached hydrogen (secondary N) is 1. The van der Waals surface area contributed by atoms with Gasteiger partial charge in [-0.05, 0) is 37.1 Å². The minimum atomic E-state index is -0.129. The molecule has 1 N–H and O–H groups in total. The van der Waals surface area contributed by atoms with E-state index < -0.39 is 0 Å². The van der Waals surface area contributed by atoms with E-state index in [1.54, 1.807) is 4.57 Å². The zero-order chi connectivity index (χ0) is 24.5. The van der Waals surface area contributed by atoms with Crippen LogP contribution in [0.5, 0.6) is 0 Å². The van der Waals surface area contributed by atoms with E-state index in [-0.39, 0.29) is 16.9 Å². The molecule has 0 aliphatic carbocycles. The molecule has 7 heteroatoms. The smallest absolute Gasteiger partial charge is 0.261 e. The van der Waals surface area contributed by atoms with Gasteiger partial charge in [-0.3, -0.25) is 14.2 Å². The van der Waals surface area contributed by atoms with Crippen molar-refractivity contribution in [2.24, 2.45) is 5.41 Å². The lowest BCUT2D eigenvalue weighted by molar-refractivity contribution is -0.117. The molecule has 1 saturated heterocycles. The van der Waals surface area contributed by atoms with E-state index in [1.165, 1.54) is 0 Å². The molecule has 0 unspecified atom stereocenters. The number of piperazine rings is 1. The predicted octanol–water partition coefficient (Wildman–Crippen LogP) is 3.88. The number of benzene rings is 2. The first-order valence-electron chi connectivity index (χ1n) is 11.9. The normalized spacial score (nSPS) is 15.0. The van der Waals surface area contributed by atoms with Crippen molar-refractivity contribution in [3.8, 4) is 0 Å². The van der Waals surface area contributed by atoms with Crippen LogP contribution in [0.1, 0.15) is 38.6 Å². The fraction of sp³-hybridized carbons (Fsp3) is 0.444. The molecule has 1 aromatic heterocycles. The maximum absolute atomic E-state index is 13.5. The van der Waals surface area contributed by atoms with Crippen molar-refractivity contribution < 1.29 is 4.79 Å². The zero-order valence-corrected chi connectivity index (χ0v) is 20.9. The van der Waals surface area contributed by atoms with Crippen molar-refractivity contribution in [2.45, 2.75) is 40.7 Å². The van der Waals surface area contributed by atoms with E-state index in [9.17, 15) is 9.59 Å². The molecule has 34 heavy (non-hydrogen) atoms. The van der Waals surface area contributed by atoms with Crippen molar-refractivity contribution in [2.75, 3.05) is 43.4 Å². The van der Waals surface area contributed by atoms with E-state index in [1.807, 2.05) is 70.2 Å². The average molecular weight is 462 g/mol. The summed E-state index contributed by atoms with van der Waals surface area (Å²) in [6.45, 7) is 12.1. The van der Waals surface area contributed by atoms with E-state index in [0.717, 1.165) is 37.4 Å². The second-order valence-corrected chi connectivity index (χ2v) is 10.5. The quantitative estimate of drug-likeness (QED) is 0.624. The second kappa shape index (κ2) is 9.58. The molecule has 1 aliphatic heterocycles. The summed E-state index contributed by atoms with van der Waals surface area (Å²) in [5.74, 6) is 0.627. The topological polar surface area (TPSA) is 70.5 Å². The number of anilines is 2.